The summed E-state index contributed by atoms with van der Waals surface area (Å²) in [5.41, 5.74) is 0.141. The van der Waals surface area contributed by atoms with Crippen LogP contribution in [-0.4, -0.2) is 60.5 Å². The van der Waals surface area contributed by atoms with Crippen molar-refractivity contribution in [2.24, 2.45) is 0 Å². The van der Waals surface area contributed by atoms with E-state index in [0.29, 0.717) is 6.42 Å². The monoisotopic (exact) mass is 403 g/mol. The molecule has 1 aromatic heterocycles. The molecule has 1 amide bonds. The number of pyridine rings is 1. The maximum Gasteiger partial charge on any atom is 0.410 e. The lowest BCUT2D eigenvalue weighted by atomic mass is 10.2. The highest BCUT2D eigenvalue weighted by Gasteiger charge is 2.33. The molecule has 0 saturated carbocycles. The normalized spacial score (nSPS) is 16.6. The first-order valence-electron chi connectivity index (χ1n) is 8.66. The third-order valence-electron chi connectivity index (χ3n) is 3.95. The molecule has 0 spiro atoms. The van der Waals surface area contributed by atoms with Gasteiger partial charge in [0.05, 0.1) is 5.02 Å². The molecule has 146 valence electrons. The summed E-state index contributed by atoms with van der Waals surface area (Å²) in [5.74, 6) is 0. The van der Waals surface area contributed by atoms with Crippen molar-refractivity contribution in [3.8, 4) is 0 Å². The largest absolute Gasteiger partial charge is 0.444 e. The van der Waals surface area contributed by atoms with Crippen LogP contribution in [0.3, 0.4) is 0 Å². The van der Waals surface area contributed by atoms with Crippen molar-refractivity contribution in [2.75, 3.05) is 26.2 Å². The van der Waals surface area contributed by atoms with Gasteiger partial charge in [0.2, 0.25) is 10.0 Å². The summed E-state index contributed by atoms with van der Waals surface area (Å²) >= 11 is 6.31. The molecule has 9 heteroatoms. The van der Waals surface area contributed by atoms with Crippen LogP contribution in [-0.2, 0) is 21.2 Å². The highest BCUT2D eigenvalue weighted by atomic mass is 35.5. The lowest BCUT2D eigenvalue weighted by Gasteiger charge is -2.35. The number of amides is 1. The molecule has 0 radical (unpaired) electrons. The van der Waals surface area contributed by atoms with Crippen LogP contribution in [0.15, 0.2) is 17.3 Å². The quantitative estimate of drug-likeness (QED) is 0.772. The number of hydrogen-bond donors (Lipinski definition) is 0. The Balaban J connectivity index is 2.11. The zero-order valence-electron chi connectivity index (χ0n) is 15.7. The molecule has 1 aromatic rings. The number of halogens is 1. The lowest BCUT2D eigenvalue weighted by molar-refractivity contribution is 0.0192. The van der Waals surface area contributed by atoms with Crippen LogP contribution < -0.4 is 0 Å². The molecule has 1 aliphatic rings. The number of piperazine rings is 1. The Morgan fingerprint density at radius 3 is 2.38 bits per heavy atom. The minimum atomic E-state index is -3.76. The average molecular weight is 404 g/mol. The van der Waals surface area contributed by atoms with E-state index in [9.17, 15) is 13.2 Å². The Bertz CT molecular complexity index is 754. The van der Waals surface area contributed by atoms with Crippen LogP contribution in [0.4, 0.5) is 4.79 Å². The van der Waals surface area contributed by atoms with Crippen molar-refractivity contribution in [3.05, 3.63) is 23.0 Å². The SMILES string of the molecule is CCCc1cncc(S(=O)(=O)N2CCN(C(=O)OC(C)(C)C)CC2)c1Cl. The van der Waals surface area contributed by atoms with Crippen molar-refractivity contribution in [3.63, 3.8) is 0 Å². The smallest absolute Gasteiger partial charge is 0.410 e. The second-order valence-corrected chi connectivity index (χ2v) is 9.52. The van der Waals surface area contributed by atoms with Gasteiger partial charge in [-0.1, -0.05) is 24.9 Å². The van der Waals surface area contributed by atoms with Gasteiger partial charge in [-0.25, -0.2) is 13.2 Å². The number of hydrogen-bond acceptors (Lipinski definition) is 5. The number of aryl methyl sites for hydroxylation is 1. The molecule has 1 aliphatic heterocycles. The van der Waals surface area contributed by atoms with E-state index in [1.807, 2.05) is 6.92 Å². The molecule has 0 bridgehead atoms. The molecule has 1 saturated heterocycles. The van der Waals surface area contributed by atoms with Crippen LogP contribution in [0.5, 0.6) is 0 Å². The Labute approximate surface area is 160 Å². The molecule has 0 unspecified atom stereocenters. The Morgan fingerprint density at radius 2 is 1.85 bits per heavy atom. The third-order valence-corrected chi connectivity index (χ3v) is 6.42. The van der Waals surface area contributed by atoms with Crippen molar-refractivity contribution < 1.29 is 17.9 Å². The molecule has 7 nitrogen and oxygen atoms in total. The fraction of sp³-hybridized carbons (Fsp3) is 0.647. The second-order valence-electron chi connectivity index (χ2n) is 7.23. The number of rotatable bonds is 4. The zero-order chi connectivity index (χ0) is 19.5. The molecule has 1 fully saturated rings. The molecule has 0 aromatic carbocycles. The van der Waals surface area contributed by atoms with Gasteiger partial charge in [0.15, 0.2) is 0 Å². The van der Waals surface area contributed by atoms with Gasteiger partial charge in [0, 0.05) is 38.6 Å². The predicted octanol–water partition coefficient (Wildman–Crippen LogP) is 2.93. The first-order valence-corrected chi connectivity index (χ1v) is 10.5. The van der Waals surface area contributed by atoms with Crippen LogP contribution >= 0.6 is 11.6 Å². The number of ether oxygens (including phenoxy) is 1. The maximum absolute atomic E-state index is 12.9. The van der Waals surface area contributed by atoms with Crippen molar-refractivity contribution in [1.82, 2.24) is 14.2 Å². The summed E-state index contributed by atoms with van der Waals surface area (Å²) in [4.78, 5) is 17.7. The molecular formula is C17H26ClN3O4S. The molecule has 0 N–H and O–H groups in total. The van der Waals surface area contributed by atoms with Gasteiger partial charge in [0.25, 0.3) is 0 Å². The molecule has 0 aliphatic carbocycles. The number of sulfonamides is 1. The van der Waals surface area contributed by atoms with Crippen LogP contribution in [0.25, 0.3) is 0 Å². The lowest BCUT2D eigenvalue weighted by Crippen LogP contribution is -2.51. The molecule has 2 heterocycles. The van der Waals surface area contributed by atoms with E-state index in [1.54, 1.807) is 27.0 Å². The standard InChI is InChI=1S/C17H26ClN3O4S/c1-5-6-13-11-19-12-14(15(13)18)26(23,24)21-9-7-20(8-10-21)16(22)25-17(2,3)4/h11-12H,5-10H2,1-4H3. The summed E-state index contributed by atoms with van der Waals surface area (Å²) in [6.07, 6.45) is 3.97. The topological polar surface area (TPSA) is 79.8 Å². The minimum Gasteiger partial charge on any atom is -0.444 e. The minimum absolute atomic E-state index is 0.0239. The van der Waals surface area contributed by atoms with Crippen molar-refractivity contribution in [2.45, 2.75) is 51.0 Å². The van der Waals surface area contributed by atoms with E-state index in [0.717, 1.165) is 12.0 Å². The van der Waals surface area contributed by atoms with E-state index < -0.39 is 21.7 Å². The number of carbonyl (C=O) groups is 1. The predicted molar refractivity (Wildman–Crippen MR) is 99.8 cm³/mol. The third kappa shape index (κ3) is 4.86. The van der Waals surface area contributed by atoms with Crippen molar-refractivity contribution >= 4 is 27.7 Å². The van der Waals surface area contributed by atoms with E-state index in [-0.39, 0.29) is 36.1 Å². The summed E-state index contributed by atoms with van der Waals surface area (Å²) in [7, 11) is -3.76. The van der Waals surface area contributed by atoms with Gasteiger partial charge < -0.3 is 9.64 Å². The fourth-order valence-electron chi connectivity index (χ4n) is 2.67. The van der Waals surface area contributed by atoms with Gasteiger partial charge in [-0.05, 0) is 32.8 Å². The number of nitrogens with zero attached hydrogens (tertiary/aromatic N) is 3. The Hall–Kier alpha value is -1.38. The summed E-state index contributed by atoms with van der Waals surface area (Å²) in [6.45, 7) is 8.30. The van der Waals surface area contributed by atoms with Crippen LogP contribution in [0.2, 0.25) is 5.02 Å². The van der Waals surface area contributed by atoms with Gasteiger partial charge in [-0.3, -0.25) is 4.98 Å². The highest BCUT2D eigenvalue weighted by Crippen LogP contribution is 2.28. The molecule has 26 heavy (non-hydrogen) atoms. The first-order chi connectivity index (χ1) is 12.1. The summed E-state index contributed by atoms with van der Waals surface area (Å²) < 4.78 is 32.5. The Kier molecular flexibility index (Phi) is 6.52. The van der Waals surface area contributed by atoms with E-state index in [2.05, 4.69) is 4.98 Å². The maximum atomic E-state index is 12.9. The number of aromatic nitrogens is 1. The molecular weight excluding hydrogens is 378 g/mol. The van der Waals surface area contributed by atoms with Crippen molar-refractivity contribution in [1.29, 1.82) is 0 Å². The van der Waals surface area contributed by atoms with Gasteiger partial charge in [-0.2, -0.15) is 4.31 Å². The van der Waals surface area contributed by atoms with Crippen LogP contribution in [0, 0.1) is 0 Å². The van der Waals surface area contributed by atoms with E-state index in [4.69, 9.17) is 16.3 Å². The van der Waals surface area contributed by atoms with Gasteiger partial charge in [-0.15, -0.1) is 0 Å². The van der Waals surface area contributed by atoms with Gasteiger partial charge in [0.1, 0.15) is 10.5 Å². The van der Waals surface area contributed by atoms with E-state index >= 15 is 0 Å². The average Bonchev–Trinajstić information content (AvgIpc) is 2.55. The highest BCUT2D eigenvalue weighted by molar-refractivity contribution is 7.89. The van der Waals surface area contributed by atoms with E-state index in [1.165, 1.54) is 15.4 Å². The van der Waals surface area contributed by atoms with Gasteiger partial charge >= 0.3 is 6.09 Å². The first kappa shape index (κ1) is 20.9. The Morgan fingerprint density at radius 1 is 1.23 bits per heavy atom. The fourth-order valence-corrected chi connectivity index (χ4v) is 4.62. The zero-order valence-corrected chi connectivity index (χ0v) is 17.2. The number of carbonyl (C=O) groups excluding carboxylic acids is 1. The van der Waals surface area contributed by atoms with Crippen LogP contribution in [0.1, 0.15) is 39.7 Å². The summed E-state index contributed by atoms with van der Waals surface area (Å²) in [6, 6.07) is 0. The second kappa shape index (κ2) is 8.10. The molecule has 2 rings (SSSR count). The molecule has 0 atom stereocenters. The summed E-state index contributed by atoms with van der Waals surface area (Å²) in [5, 5.41) is 0.233.